The highest BCUT2D eigenvalue weighted by molar-refractivity contribution is 6.11. The number of imide groups is 1. The molecule has 1 spiro atoms. The Labute approximate surface area is 145 Å². The van der Waals surface area contributed by atoms with E-state index < -0.39 is 11.6 Å². The van der Waals surface area contributed by atoms with Gasteiger partial charge in [-0.2, -0.15) is 0 Å². The van der Waals surface area contributed by atoms with Crippen LogP contribution in [-0.4, -0.2) is 34.7 Å². The molecule has 6 nitrogen and oxygen atoms in total. The predicted octanol–water partition coefficient (Wildman–Crippen LogP) is 3.12. The Morgan fingerprint density at radius 3 is 2.88 bits per heavy atom. The number of Topliss-reactive ketones (excluding diaryl/α,β-unsaturated/α-hetero) is 1. The maximum atomic E-state index is 12.9. The molecule has 2 heterocycles. The summed E-state index contributed by atoms with van der Waals surface area (Å²) in [7, 11) is 0. The van der Waals surface area contributed by atoms with E-state index in [0.29, 0.717) is 12.0 Å². The van der Waals surface area contributed by atoms with Gasteiger partial charge in [-0.15, -0.1) is 0 Å². The Kier molecular flexibility index (Phi) is 3.63. The van der Waals surface area contributed by atoms with Crippen LogP contribution in [0.4, 0.5) is 4.79 Å². The van der Waals surface area contributed by atoms with E-state index in [-0.39, 0.29) is 29.9 Å². The Morgan fingerprint density at radius 2 is 2.12 bits per heavy atom. The lowest BCUT2D eigenvalue weighted by molar-refractivity contribution is -0.133. The van der Waals surface area contributed by atoms with Crippen molar-refractivity contribution in [2.24, 2.45) is 5.92 Å². The molecule has 2 aliphatic rings. The monoisotopic (exact) mass is 340 g/mol. The molecule has 1 aliphatic heterocycles. The first-order valence-electron chi connectivity index (χ1n) is 8.67. The summed E-state index contributed by atoms with van der Waals surface area (Å²) in [5.41, 5.74) is -0.232. The Bertz CT molecular complexity index is 838. The second-order valence-electron chi connectivity index (χ2n) is 7.01. The van der Waals surface area contributed by atoms with Crippen LogP contribution < -0.4 is 5.32 Å². The van der Waals surface area contributed by atoms with Crippen LogP contribution in [0.3, 0.4) is 0 Å². The number of amides is 3. The maximum absolute atomic E-state index is 12.9. The van der Waals surface area contributed by atoms with Crippen LogP contribution in [0.25, 0.3) is 11.0 Å². The molecule has 0 unspecified atom stereocenters. The topological polar surface area (TPSA) is 79.6 Å². The van der Waals surface area contributed by atoms with E-state index in [4.69, 9.17) is 4.42 Å². The van der Waals surface area contributed by atoms with Crippen LogP contribution in [0.5, 0.6) is 0 Å². The molecule has 130 valence electrons. The third-order valence-electron chi connectivity index (χ3n) is 5.50. The standard InChI is InChI=1S/C19H20N2O4/c1-12-6-4-5-9-19(12)17(23)21(18(24)20-19)11-14(22)16-10-13-7-2-3-8-15(13)25-16/h2-3,7-8,10,12H,4-6,9,11H2,1H3,(H,20,24)/t12-,19-/m1/s1. The Balaban J connectivity index is 1.56. The lowest BCUT2D eigenvalue weighted by Gasteiger charge is -2.36. The first-order valence-corrected chi connectivity index (χ1v) is 8.67. The van der Waals surface area contributed by atoms with Gasteiger partial charge >= 0.3 is 6.03 Å². The van der Waals surface area contributed by atoms with Gasteiger partial charge in [-0.3, -0.25) is 14.5 Å². The molecular formula is C19H20N2O4. The molecule has 6 heteroatoms. The molecule has 0 bridgehead atoms. The van der Waals surface area contributed by atoms with Crippen LogP contribution in [0.1, 0.15) is 43.2 Å². The van der Waals surface area contributed by atoms with Gasteiger partial charge in [0.05, 0.1) is 6.54 Å². The summed E-state index contributed by atoms with van der Waals surface area (Å²) >= 11 is 0. The minimum atomic E-state index is -0.844. The second-order valence-corrected chi connectivity index (χ2v) is 7.01. The summed E-state index contributed by atoms with van der Waals surface area (Å²) in [6, 6.07) is 8.47. The lowest BCUT2D eigenvalue weighted by Crippen LogP contribution is -2.54. The van der Waals surface area contributed by atoms with Crippen molar-refractivity contribution in [3.05, 3.63) is 36.1 Å². The lowest BCUT2D eigenvalue weighted by atomic mass is 9.73. The molecule has 1 aliphatic carbocycles. The number of hydrogen-bond acceptors (Lipinski definition) is 4. The number of para-hydroxylation sites is 1. The van der Waals surface area contributed by atoms with E-state index in [1.165, 1.54) is 0 Å². The van der Waals surface area contributed by atoms with Crippen LogP contribution in [0.15, 0.2) is 34.7 Å². The first-order chi connectivity index (χ1) is 12.0. The fraction of sp³-hybridized carbons (Fsp3) is 0.421. The minimum Gasteiger partial charge on any atom is -0.453 e. The number of carbonyl (C=O) groups excluding carboxylic acids is 3. The average molecular weight is 340 g/mol. The fourth-order valence-electron chi connectivity index (χ4n) is 3.98. The molecule has 1 saturated heterocycles. The molecule has 0 radical (unpaired) electrons. The molecule has 2 aromatic rings. The van der Waals surface area contributed by atoms with E-state index in [2.05, 4.69) is 5.32 Å². The zero-order chi connectivity index (χ0) is 17.6. The summed E-state index contributed by atoms with van der Waals surface area (Å²) in [6.45, 7) is 1.70. The summed E-state index contributed by atoms with van der Waals surface area (Å²) < 4.78 is 5.55. The van der Waals surface area contributed by atoms with Crippen molar-refractivity contribution in [3.63, 3.8) is 0 Å². The van der Waals surface area contributed by atoms with Crippen LogP contribution in [0, 0.1) is 5.92 Å². The smallest absolute Gasteiger partial charge is 0.325 e. The number of nitrogens with zero attached hydrogens (tertiary/aromatic N) is 1. The van der Waals surface area contributed by atoms with E-state index in [1.807, 2.05) is 25.1 Å². The van der Waals surface area contributed by atoms with Crippen molar-refractivity contribution < 1.29 is 18.8 Å². The summed E-state index contributed by atoms with van der Waals surface area (Å²) in [6.07, 6.45) is 3.50. The predicted molar refractivity (Wildman–Crippen MR) is 91.2 cm³/mol. The number of ketones is 1. The molecule has 25 heavy (non-hydrogen) atoms. The van der Waals surface area contributed by atoms with Gasteiger partial charge in [0.15, 0.2) is 5.76 Å². The van der Waals surface area contributed by atoms with Crippen molar-refractivity contribution in [1.82, 2.24) is 10.2 Å². The summed E-state index contributed by atoms with van der Waals surface area (Å²) in [5, 5.41) is 3.68. The van der Waals surface area contributed by atoms with Gasteiger partial charge in [0.1, 0.15) is 11.1 Å². The summed E-state index contributed by atoms with van der Waals surface area (Å²) in [5.74, 6) is -0.419. The van der Waals surface area contributed by atoms with Gasteiger partial charge in [-0.25, -0.2) is 4.79 Å². The van der Waals surface area contributed by atoms with Gasteiger partial charge in [-0.1, -0.05) is 38.0 Å². The van der Waals surface area contributed by atoms with Gasteiger partial charge in [0, 0.05) is 5.39 Å². The number of benzene rings is 1. The van der Waals surface area contributed by atoms with Crippen molar-refractivity contribution in [2.45, 2.75) is 38.1 Å². The first kappa shape index (κ1) is 15.9. The SMILES string of the molecule is C[C@@H]1CCCC[C@@]12NC(=O)N(CC(=O)c1cc3ccccc3o1)C2=O. The summed E-state index contributed by atoms with van der Waals surface area (Å²) in [4.78, 5) is 38.8. The number of furan rings is 1. The molecular weight excluding hydrogens is 320 g/mol. The molecule has 1 N–H and O–H groups in total. The van der Waals surface area contributed by atoms with Gasteiger partial charge in [0.2, 0.25) is 5.78 Å². The Morgan fingerprint density at radius 1 is 1.32 bits per heavy atom. The second kappa shape index (κ2) is 5.72. The maximum Gasteiger partial charge on any atom is 0.325 e. The van der Waals surface area contributed by atoms with Crippen molar-refractivity contribution in [2.75, 3.05) is 6.54 Å². The average Bonchev–Trinajstić information content (AvgIpc) is 3.13. The van der Waals surface area contributed by atoms with Gasteiger partial charge in [0.25, 0.3) is 5.91 Å². The largest absolute Gasteiger partial charge is 0.453 e. The number of carbonyl (C=O) groups is 3. The zero-order valence-corrected chi connectivity index (χ0v) is 14.1. The van der Waals surface area contributed by atoms with E-state index in [0.717, 1.165) is 29.5 Å². The molecule has 2 atom stereocenters. The number of hydrogen-bond donors (Lipinski definition) is 1. The van der Waals surface area contributed by atoms with E-state index in [9.17, 15) is 14.4 Å². The highest BCUT2D eigenvalue weighted by Crippen LogP contribution is 2.38. The van der Waals surface area contributed by atoms with Crippen molar-refractivity contribution in [3.8, 4) is 0 Å². The number of nitrogens with one attached hydrogen (secondary N) is 1. The molecule has 4 rings (SSSR count). The van der Waals surface area contributed by atoms with Gasteiger partial charge in [-0.05, 0) is 30.9 Å². The van der Waals surface area contributed by atoms with E-state index in [1.54, 1.807) is 12.1 Å². The van der Waals surface area contributed by atoms with Crippen LogP contribution in [0.2, 0.25) is 0 Å². The quantitative estimate of drug-likeness (QED) is 0.688. The highest BCUT2D eigenvalue weighted by atomic mass is 16.3. The molecule has 1 aromatic heterocycles. The van der Waals surface area contributed by atoms with Gasteiger partial charge < -0.3 is 9.73 Å². The molecule has 1 aromatic carbocycles. The molecule has 1 saturated carbocycles. The number of urea groups is 1. The van der Waals surface area contributed by atoms with Crippen molar-refractivity contribution >= 4 is 28.7 Å². The highest BCUT2D eigenvalue weighted by Gasteiger charge is 2.55. The van der Waals surface area contributed by atoms with Crippen LogP contribution in [-0.2, 0) is 4.79 Å². The number of rotatable bonds is 3. The fourth-order valence-corrected chi connectivity index (χ4v) is 3.98. The normalized spacial score (nSPS) is 26.4. The third-order valence-corrected chi connectivity index (χ3v) is 5.50. The number of fused-ring (bicyclic) bond motifs is 1. The molecule has 3 amide bonds. The zero-order valence-electron chi connectivity index (χ0n) is 14.1. The van der Waals surface area contributed by atoms with E-state index >= 15 is 0 Å². The Hall–Kier alpha value is -2.63. The minimum absolute atomic E-state index is 0.0732. The third kappa shape index (κ3) is 2.44. The van der Waals surface area contributed by atoms with Crippen molar-refractivity contribution in [1.29, 1.82) is 0 Å². The van der Waals surface area contributed by atoms with Crippen LogP contribution >= 0.6 is 0 Å². The molecule has 2 fully saturated rings.